The van der Waals surface area contributed by atoms with Crippen molar-refractivity contribution in [3.8, 4) is 5.75 Å². The highest BCUT2D eigenvalue weighted by Crippen LogP contribution is 2.21. The van der Waals surface area contributed by atoms with E-state index >= 15 is 0 Å². The second kappa shape index (κ2) is 9.20. The molecule has 0 heterocycles. The second-order valence-electron chi connectivity index (χ2n) is 4.78. The summed E-state index contributed by atoms with van der Waals surface area (Å²) in [5.41, 5.74) is 7.70. The summed E-state index contributed by atoms with van der Waals surface area (Å²) >= 11 is 0. The van der Waals surface area contributed by atoms with E-state index in [-0.39, 0.29) is 6.42 Å². The molecule has 5 nitrogen and oxygen atoms in total. The Bertz CT molecular complexity index is 422. The number of rotatable bonds is 10. The molecule has 1 aromatic rings. The smallest absolute Gasteiger partial charge is 0.303 e. The highest BCUT2D eigenvalue weighted by Gasteiger charge is 2.00. The molecule has 4 N–H and O–H groups in total. The van der Waals surface area contributed by atoms with E-state index in [4.69, 9.17) is 15.6 Å². The molecule has 0 saturated heterocycles. The largest absolute Gasteiger partial charge is 0.495 e. The van der Waals surface area contributed by atoms with E-state index in [0.717, 1.165) is 38.8 Å². The molecule has 0 aliphatic rings. The Morgan fingerprint density at radius 3 is 2.75 bits per heavy atom. The van der Waals surface area contributed by atoms with Crippen LogP contribution < -0.4 is 15.8 Å². The number of carboxylic acids is 1. The molecule has 0 radical (unpaired) electrons. The van der Waals surface area contributed by atoms with Gasteiger partial charge in [0.2, 0.25) is 0 Å². The van der Waals surface area contributed by atoms with Crippen LogP contribution in [0, 0.1) is 0 Å². The molecule has 20 heavy (non-hydrogen) atoms. The van der Waals surface area contributed by atoms with Gasteiger partial charge in [0.05, 0.1) is 12.8 Å². The number of carbonyl (C=O) groups is 1. The van der Waals surface area contributed by atoms with Crippen LogP contribution in [0.15, 0.2) is 18.2 Å². The van der Waals surface area contributed by atoms with Crippen molar-refractivity contribution in [3.05, 3.63) is 23.8 Å². The first kappa shape index (κ1) is 16.3. The molecule has 0 aliphatic heterocycles. The van der Waals surface area contributed by atoms with E-state index in [2.05, 4.69) is 5.32 Å². The second-order valence-corrected chi connectivity index (χ2v) is 4.78. The quantitative estimate of drug-likeness (QED) is 0.451. The molecular formula is C15H24N2O3. The summed E-state index contributed by atoms with van der Waals surface area (Å²) in [5.74, 6) is -0.00445. The average molecular weight is 280 g/mol. The van der Waals surface area contributed by atoms with Crippen LogP contribution in [-0.4, -0.2) is 31.3 Å². The van der Waals surface area contributed by atoms with Crippen LogP contribution in [0.5, 0.6) is 5.75 Å². The lowest BCUT2D eigenvalue weighted by atomic mass is 10.1. The monoisotopic (exact) mass is 280 g/mol. The Morgan fingerprint density at radius 1 is 1.30 bits per heavy atom. The molecule has 1 aromatic carbocycles. The Hall–Kier alpha value is -1.75. The number of ether oxygens (including phenoxy) is 1. The van der Waals surface area contributed by atoms with Gasteiger partial charge in [0.25, 0.3) is 0 Å². The van der Waals surface area contributed by atoms with Gasteiger partial charge in [-0.1, -0.05) is 12.5 Å². The summed E-state index contributed by atoms with van der Waals surface area (Å²) < 4.78 is 5.11. The number of unbranched alkanes of at least 4 members (excludes halogenated alkanes) is 2. The van der Waals surface area contributed by atoms with Crippen LogP contribution in [0.1, 0.15) is 31.2 Å². The third-order valence-corrected chi connectivity index (χ3v) is 3.13. The number of hydrogen-bond donors (Lipinski definition) is 3. The number of nitrogens with two attached hydrogens (primary N) is 1. The van der Waals surface area contributed by atoms with Crippen LogP contribution in [0.4, 0.5) is 5.69 Å². The fourth-order valence-electron chi connectivity index (χ4n) is 2.00. The van der Waals surface area contributed by atoms with Crippen LogP contribution in [0.3, 0.4) is 0 Å². The van der Waals surface area contributed by atoms with Gasteiger partial charge in [-0.05, 0) is 50.0 Å². The highest BCUT2D eigenvalue weighted by molar-refractivity contribution is 5.66. The Kier molecular flexibility index (Phi) is 7.50. The van der Waals surface area contributed by atoms with Crippen LogP contribution in [-0.2, 0) is 11.2 Å². The SMILES string of the molecule is COc1ccc(CCNCCCCCC(=O)O)cc1N. The first-order valence-electron chi connectivity index (χ1n) is 6.98. The lowest BCUT2D eigenvalue weighted by Crippen LogP contribution is -2.18. The minimum absolute atomic E-state index is 0.269. The molecule has 5 heteroatoms. The number of methoxy groups -OCH3 is 1. The zero-order valence-corrected chi connectivity index (χ0v) is 12.0. The summed E-state index contributed by atoms with van der Waals surface area (Å²) in [6.45, 7) is 1.82. The molecule has 0 aromatic heterocycles. The van der Waals surface area contributed by atoms with Gasteiger partial charge in [-0.25, -0.2) is 0 Å². The van der Waals surface area contributed by atoms with Crippen molar-refractivity contribution in [2.24, 2.45) is 0 Å². The molecule has 1 rings (SSSR count). The van der Waals surface area contributed by atoms with Gasteiger partial charge in [-0.3, -0.25) is 4.79 Å². The maximum absolute atomic E-state index is 10.3. The van der Waals surface area contributed by atoms with E-state index in [1.54, 1.807) is 7.11 Å². The first-order chi connectivity index (χ1) is 9.63. The maximum Gasteiger partial charge on any atom is 0.303 e. The Balaban J connectivity index is 2.09. The van der Waals surface area contributed by atoms with Crippen LogP contribution in [0.2, 0.25) is 0 Å². The molecule has 0 fully saturated rings. The number of benzene rings is 1. The fraction of sp³-hybridized carbons (Fsp3) is 0.533. The van der Waals surface area contributed by atoms with Crippen molar-refractivity contribution < 1.29 is 14.6 Å². The topological polar surface area (TPSA) is 84.6 Å². The van der Waals surface area contributed by atoms with Gasteiger partial charge < -0.3 is 20.9 Å². The van der Waals surface area contributed by atoms with Crippen LogP contribution >= 0.6 is 0 Å². The summed E-state index contributed by atoms with van der Waals surface area (Å²) in [4.78, 5) is 10.3. The molecule has 112 valence electrons. The molecule has 0 unspecified atom stereocenters. The van der Waals surface area contributed by atoms with E-state index in [1.807, 2.05) is 18.2 Å². The van der Waals surface area contributed by atoms with E-state index in [9.17, 15) is 4.79 Å². The Labute approximate surface area is 120 Å². The number of anilines is 1. The van der Waals surface area contributed by atoms with Gasteiger partial charge in [-0.2, -0.15) is 0 Å². The minimum Gasteiger partial charge on any atom is -0.495 e. The summed E-state index contributed by atoms with van der Waals surface area (Å²) in [6.07, 6.45) is 3.91. The molecule has 0 aliphatic carbocycles. The third-order valence-electron chi connectivity index (χ3n) is 3.13. The van der Waals surface area contributed by atoms with E-state index in [1.165, 1.54) is 5.56 Å². The van der Waals surface area contributed by atoms with Crippen molar-refractivity contribution >= 4 is 11.7 Å². The van der Waals surface area contributed by atoms with Gasteiger partial charge >= 0.3 is 5.97 Å². The van der Waals surface area contributed by atoms with Gasteiger partial charge in [0.15, 0.2) is 0 Å². The predicted octanol–water partition coefficient (Wildman–Crippen LogP) is 2.05. The standard InChI is InChI=1S/C15H24N2O3/c1-20-14-7-6-12(11-13(14)16)8-10-17-9-4-2-3-5-15(18)19/h6-7,11,17H,2-5,8-10,16H2,1H3,(H,18,19). The van der Waals surface area contributed by atoms with Gasteiger partial charge in [0, 0.05) is 6.42 Å². The first-order valence-corrected chi connectivity index (χ1v) is 6.98. The van der Waals surface area contributed by atoms with E-state index in [0.29, 0.717) is 11.4 Å². The van der Waals surface area contributed by atoms with Gasteiger partial charge in [0.1, 0.15) is 5.75 Å². The number of nitrogens with one attached hydrogen (secondary N) is 1. The lowest BCUT2D eigenvalue weighted by molar-refractivity contribution is -0.137. The van der Waals surface area contributed by atoms with Gasteiger partial charge in [-0.15, -0.1) is 0 Å². The molecule has 0 atom stereocenters. The third kappa shape index (κ3) is 6.43. The normalized spacial score (nSPS) is 10.4. The highest BCUT2D eigenvalue weighted by atomic mass is 16.5. The zero-order chi connectivity index (χ0) is 14.8. The molecule has 0 amide bonds. The van der Waals surface area contributed by atoms with Crippen molar-refractivity contribution in [1.29, 1.82) is 0 Å². The predicted molar refractivity (Wildman–Crippen MR) is 80.1 cm³/mol. The molecule has 0 saturated carbocycles. The molecule has 0 spiro atoms. The van der Waals surface area contributed by atoms with Crippen molar-refractivity contribution in [1.82, 2.24) is 5.32 Å². The molecule has 0 bridgehead atoms. The van der Waals surface area contributed by atoms with E-state index < -0.39 is 5.97 Å². The van der Waals surface area contributed by atoms with Crippen molar-refractivity contribution in [3.63, 3.8) is 0 Å². The number of carboxylic acid groups (broad SMARTS) is 1. The Morgan fingerprint density at radius 2 is 2.10 bits per heavy atom. The minimum atomic E-state index is -0.713. The summed E-state index contributed by atoms with van der Waals surface area (Å²) in [6, 6.07) is 5.84. The fourth-order valence-corrected chi connectivity index (χ4v) is 2.00. The van der Waals surface area contributed by atoms with Crippen molar-refractivity contribution in [2.45, 2.75) is 32.1 Å². The average Bonchev–Trinajstić information content (AvgIpc) is 2.41. The number of nitrogen functional groups attached to an aromatic ring is 1. The maximum atomic E-state index is 10.3. The zero-order valence-electron chi connectivity index (χ0n) is 12.0. The lowest BCUT2D eigenvalue weighted by Gasteiger charge is -2.08. The van der Waals surface area contributed by atoms with Crippen molar-refractivity contribution in [2.75, 3.05) is 25.9 Å². The number of aliphatic carboxylic acids is 1. The summed E-state index contributed by atoms with van der Waals surface area (Å²) in [7, 11) is 1.61. The van der Waals surface area contributed by atoms with Crippen LogP contribution in [0.25, 0.3) is 0 Å². The molecular weight excluding hydrogens is 256 g/mol. The number of hydrogen-bond acceptors (Lipinski definition) is 4. The summed E-state index contributed by atoms with van der Waals surface area (Å²) in [5, 5.41) is 11.9.